The quantitative estimate of drug-likeness (QED) is 0.392. The van der Waals surface area contributed by atoms with Gasteiger partial charge in [0.15, 0.2) is 0 Å². The highest BCUT2D eigenvalue weighted by molar-refractivity contribution is 7.86. The first-order valence-electron chi connectivity index (χ1n) is 9.10. The number of rotatable bonds is 4. The van der Waals surface area contributed by atoms with Gasteiger partial charge in [0, 0.05) is 28.1 Å². The van der Waals surface area contributed by atoms with E-state index in [1.54, 1.807) is 43.3 Å². The molecule has 4 rings (SSSR count). The number of halogens is 3. The zero-order valence-corrected chi connectivity index (χ0v) is 19.2. The summed E-state index contributed by atoms with van der Waals surface area (Å²) < 4.78 is 36.9. The number of ether oxygens (including phenoxy) is 1. The van der Waals surface area contributed by atoms with E-state index in [0.717, 1.165) is 11.1 Å². The molecule has 0 aromatic heterocycles. The fourth-order valence-corrected chi connectivity index (χ4v) is 5.76. The highest BCUT2D eigenvalue weighted by atomic mass is 35.5. The van der Waals surface area contributed by atoms with Gasteiger partial charge >= 0.3 is 10.1 Å². The number of aryl methyl sites for hydroxylation is 2. The Hall–Kier alpha value is -1.76. The highest BCUT2D eigenvalue weighted by Crippen LogP contribution is 2.45. The first kappa shape index (κ1) is 21.5. The van der Waals surface area contributed by atoms with Gasteiger partial charge in [0.1, 0.15) is 5.75 Å². The second-order valence-electron chi connectivity index (χ2n) is 7.11. The summed E-state index contributed by atoms with van der Waals surface area (Å²) in [7, 11) is -4.00. The molecule has 0 saturated heterocycles. The van der Waals surface area contributed by atoms with Crippen LogP contribution in [0.25, 0.3) is 11.1 Å². The van der Waals surface area contributed by atoms with Crippen LogP contribution in [0, 0.1) is 13.8 Å². The van der Waals surface area contributed by atoms with Crippen LogP contribution in [0.1, 0.15) is 16.7 Å². The van der Waals surface area contributed by atoms with Crippen LogP contribution in [0.5, 0.6) is 5.75 Å². The van der Waals surface area contributed by atoms with Crippen LogP contribution in [-0.2, 0) is 20.7 Å². The normalized spacial score (nSPS) is 15.7. The van der Waals surface area contributed by atoms with E-state index in [2.05, 4.69) is 0 Å². The first-order valence-corrected chi connectivity index (χ1v) is 11.6. The number of para-hydroxylation sites is 1. The lowest BCUT2D eigenvalue weighted by Gasteiger charge is -2.15. The molecule has 0 amide bonds. The summed E-state index contributed by atoms with van der Waals surface area (Å²) >= 11 is 18.8. The Morgan fingerprint density at radius 2 is 1.70 bits per heavy atom. The molecule has 0 radical (unpaired) electrons. The van der Waals surface area contributed by atoms with E-state index in [-0.39, 0.29) is 11.3 Å². The molecule has 0 bridgehead atoms. The maximum absolute atomic E-state index is 12.8. The van der Waals surface area contributed by atoms with E-state index >= 15 is 0 Å². The number of fused-ring (bicyclic) bond motifs is 1. The van der Waals surface area contributed by atoms with Gasteiger partial charge in [-0.3, -0.25) is 0 Å². The van der Waals surface area contributed by atoms with Gasteiger partial charge in [-0.2, -0.15) is 8.42 Å². The van der Waals surface area contributed by atoms with Crippen LogP contribution >= 0.6 is 34.8 Å². The lowest BCUT2D eigenvalue weighted by atomic mass is 10.0. The fraction of sp³-hybridized carbons (Fsp3) is 0.182. The summed E-state index contributed by atoms with van der Waals surface area (Å²) in [5, 5.41) is 1.16. The van der Waals surface area contributed by atoms with Crippen molar-refractivity contribution in [3.63, 3.8) is 0 Å². The van der Waals surface area contributed by atoms with Crippen molar-refractivity contribution in [1.29, 1.82) is 0 Å². The number of benzene rings is 3. The largest absolute Gasteiger partial charge is 0.462 e. The Labute approximate surface area is 190 Å². The van der Waals surface area contributed by atoms with Gasteiger partial charge < -0.3 is 4.74 Å². The van der Waals surface area contributed by atoms with Crippen molar-refractivity contribution in [2.24, 2.45) is 0 Å². The predicted octanol–water partition coefficient (Wildman–Crippen LogP) is 6.60. The monoisotopic (exact) mass is 482 g/mol. The Kier molecular flexibility index (Phi) is 5.77. The van der Waals surface area contributed by atoms with Gasteiger partial charge in [0.25, 0.3) is 0 Å². The molecule has 0 spiro atoms. The van der Waals surface area contributed by atoms with E-state index in [1.165, 1.54) is 0 Å². The fourth-order valence-electron chi connectivity index (χ4n) is 3.56. The van der Waals surface area contributed by atoms with Crippen molar-refractivity contribution >= 4 is 44.9 Å². The molecule has 8 heteroatoms. The van der Waals surface area contributed by atoms with Gasteiger partial charge in [-0.15, -0.1) is 0 Å². The predicted molar refractivity (Wildman–Crippen MR) is 119 cm³/mol. The second kappa shape index (κ2) is 8.06. The van der Waals surface area contributed by atoms with Gasteiger partial charge in [-0.1, -0.05) is 70.7 Å². The van der Waals surface area contributed by atoms with Crippen molar-refractivity contribution in [2.45, 2.75) is 31.5 Å². The molecule has 1 heterocycles. The molecule has 156 valence electrons. The minimum absolute atomic E-state index is 0.122. The Balaban J connectivity index is 1.66. The molecule has 0 saturated carbocycles. The first-order chi connectivity index (χ1) is 14.2. The second-order valence-corrected chi connectivity index (χ2v) is 9.90. The van der Waals surface area contributed by atoms with Crippen LogP contribution in [0.4, 0.5) is 0 Å². The summed E-state index contributed by atoms with van der Waals surface area (Å²) in [6.07, 6.45) is -0.715. The molecule has 1 atom stereocenters. The Morgan fingerprint density at radius 3 is 2.37 bits per heavy atom. The van der Waals surface area contributed by atoms with Crippen LogP contribution in [0.15, 0.2) is 53.4 Å². The zero-order valence-electron chi connectivity index (χ0n) is 16.1. The minimum Gasteiger partial charge on any atom is -0.462 e. The van der Waals surface area contributed by atoms with Crippen LogP contribution in [-0.4, -0.2) is 14.7 Å². The lowest BCUT2D eigenvalue weighted by molar-refractivity contribution is 0.0316. The zero-order chi connectivity index (χ0) is 21.6. The molecule has 0 N–H and O–H groups in total. The van der Waals surface area contributed by atoms with Gasteiger partial charge in [0.2, 0.25) is 6.29 Å². The van der Waals surface area contributed by atoms with Crippen LogP contribution in [0.2, 0.25) is 15.1 Å². The third-order valence-electron chi connectivity index (χ3n) is 4.84. The van der Waals surface area contributed by atoms with E-state index < -0.39 is 16.4 Å². The molecule has 1 unspecified atom stereocenters. The molecule has 1 aliphatic heterocycles. The summed E-state index contributed by atoms with van der Waals surface area (Å²) in [5.74, 6) is 0.490. The lowest BCUT2D eigenvalue weighted by Crippen LogP contribution is -2.23. The Bertz CT molecular complexity index is 1230. The van der Waals surface area contributed by atoms with E-state index in [0.29, 0.717) is 37.5 Å². The van der Waals surface area contributed by atoms with E-state index in [4.69, 9.17) is 43.7 Å². The summed E-state index contributed by atoms with van der Waals surface area (Å²) in [4.78, 5) is 0.122. The molecular weight excluding hydrogens is 467 g/mol. The maximum Gasteiger partial charge on any atom is 0.300 e. The highest BCUT2D eigenvalue weighted by Gasteiger charge is 2.32. The third kappa shape index (κ3) is 4.05. The van der Waals surface area contributed by atoms with Crippen molar-refractivity contribution < 1.29 is 17.3 Å². The average Bonchev–Trinajstić information content (AvgIpc) is 3.02. The van der Waals surface area contributed by atoms with E-state index in [9.17, 15) is 8.42 Å². The molecule has 0 fully saturated rings. The molecule has 3 aromatic rings. The standard InChI is InChI=1S/C22H17Cl3O4S/c1-12-6-7-19(13(2)8-12)30(26,27)29-20-9-14-4-3-5-16(22(14)28-20)21-17(24)10-15(23)11-18(21)25/h3-8,10-11,20H,9H2,1-2H3. The molecule has 1 aliphatic rings. The van der Waals surface area contributed by atoms with Crippen LogP contribution < -0.4 is 4.74 Å². The maximum atomic E-state index is 12.8. The van der Waals surface area contributed by atoms with Crippen molar-refractivity contribution in [3.05, 3.63) is 80.3 Å². The van der Waals surface area contributed by atoms with Gasteiger partial charge in [0.05, 0.1) is 14.9 Å². The topological polar surface area (TPSA) is 52.6 Å². The van der Waals surface area contributed by atoms with E-state index in [1.807, 2.05) is 19.1 Å². The number of hydrogen-bond acceptors (Lipinski definition) is 4. The summed E-state index contributed by atoms with van der Waals surface area (Å²) in [5.41, 5.74) is 3.60. The third-order valence-corrected chi connectivity index (χ3v) is 7.12. The van der Waals surface area contributed by atoms with Crippen molar-refractivity contribution in [3.8, 4) is 16.9 Å². The summed E-state index contributed by atoms with van der Waals surface area (Å²) in [6, 6.07) is 13.7. The van der Waals surface area contributed by atoms with Gasteiger partial charge in [-0.25, -0.2) is 4.18 Å². The summed E-state index contributed by atoms with van der Waals surface area (Å²) in [6.45, 7) is 3.63. The smallest absolute Gasteiger partial charge is 0.300 e. The SMILES string of the molecule is Cc1ccc(S(=O)(=O)OC2Cc3cccc(-c4c(Cl)cc(Cl)cc4Cl)c3O2)c(C)c1. The Morgan fingerprint density at radius 1 is 1.00 bits per heavy atom. The average molecular weight is 484 g/mol. The van der Waals surface area contributed by atoms with Crippen molar-refractivity contribution in [2.75, 3.05) is 0 Å². The molecule has 3 aromatic carbocycles. The molecule has 30 heavy (non-hydrogen) atoms. The van der Waals surface area contributed by atoms with Crippen LogP contribution in [0.3, 0.4) is 0 Å². The molecule has 4 nitrogen and oxygen atoms in total. The van der Waals surface area contributed by atoms with Gasteiger partial charge in [-0.05, 0) is 37.6 Å². The molecule has 0 aliphatic carbocycles. The minimum atomic E-state index is -4.00. The molecular formula is C22H17Cl3O4S. The van der Waals surface area contributed by atoms with Crippen molar-refractivity contribution in [1.82, 2.24) is 0 Å². The number of hydrogen-bond donors (Lipinski definition) is 0.